The van der Waals surface area contributed by atoms with Gasteiger partial charge < -0.3 is 9.72 Å². The molecule has 1 aromatic heterocycles. The van der Waals surface area contributed by atoms with Gasteiger partial charge in [0.15, 0.2) is 5.82 Å². The van der Waals surface area contributed by atoms with Crippen LogP contribution >= 0.6 is 0 Å². The van der Waals surface area contributed by atoms with E-state index < -0.39 is 11.4 Å². The number of nitrogens with one attached hydrogen (secondary N) is 1. The van der Waals surface area contributed by atoms with Crippen molar-refractivity contribution < 1.29 is 13.9 Å². The molecule has 2 aliphatic rings. The molecule has 1 amide bonds. The Morgan fingerprint density at radius 2 is 2.20 bits per heavy atom. The zero-order chi connectivity index (χ0) is 17.9. The normalized spacial score (nSPS) is 24.9. The third-order valence-electron chi connectivity index (χ3n) is 4.75. The minimum atomic E-state index is -0.559. The third-order valence-corrected chi connectivity index (χ3v) is 4.75. The highest BCUT2D eigenvalue weighted by Crippen LogP contribution is 2.53. The number of imidazole rings is 1. The Labute approximate surface area is 145 Å². The number of aromatic amines is 1. The van der Waals surface area contributed by atoms with Crippen molar-refractivity contribution in [3.63, 3.8) is 0 Å². The summed E-state index contributed by atoms with van der Waals surface area (Å²) in [7, 11) is 0. The summed E-state index contributed by atoms with van der Waals surface area (Å²) < 4.78 is 19.8. The molecule has 1 aliphatic heterocycles. The van der Waals surface area contributed by atoms with Crippen molar-refractivity contribution in [2.45, 2.75) is 51.3 Å². The molecule has 0 spiro atoms. The number of ether oxygens (including phenoxy) is 1. The fourth-order valence-electron chi connectivity index (χ4n) is 3.61. The molecule has 0 bridgehead atoms. The zero-order valence-corrected chi connectivity index (χ0v) is 14.5. The quantitative estimate of drug-likeness (QED) is 0.804. The summed E-state index contributed by atoms with van der Waals surface area (Å²) in [6.45, 7) is 5.54. The van der Waals surface area contributed by atoms with E-state index in [2.05, 4.69) is 15.9 Å². The standard InChI is InChI=1S/C19H20FN3O2/c1-5-10-6-12(20)16-13(7-10)21-17(22-16)15-9-11-8-14(11)23(15)18(24)25-19(2,3)4/h1,6-7,11,14-15H,8-9H2,2-4H3,(H,21,22). The van der Waals surface area contributed by atoms with Crippen LogP contribution in [0.1, 0.15) is 51.0 Å². The van der Waals surface area contributed by atoms with Crippen LogP contribution in [-0.4, -0.2) is 32.6 Å². The van der Waals surface area contributed by atoms with E-state index in [1.165, 1.54) is 6.07 Å². The molecule has 1 aromatic carbocycles. The second-order valence-electron chi connectivity index (χ2n) is 7.82. The first-order chi connectivity index (χ1) is 11.8. The molecular formula is C19H20FN3O2. The van der Waals surface area contributed by atoms with Gasteiger partial charge in [0.05, 0.1) is 11.6 Å². The van der Waals surface area contributed by atoms with Gasteiger partial charge in [0, 0.05) is 11.6 Å². The molecule has 2 fully saturated rings. The monoisotopic (exact) mass is 341 g/mol. The molecule has 1 N–H and O–H groups in total. The number of aromatic nitrogens is 2. The molecule has 2 heterocycles. The average Bonchev–Trinajstić information content (AvgIpc) is 2.98. The van der Waals surface area contributed by atoms with Gasteiger partial charge in [-0.1, -0.05) is 5.92 Å². The van der Waals surface area contributed by atoms with E-state index >= 15 is 0 Å². The van der Waals surface area contributed by atoms with Crippen LogP contribution < -0.4 is 0 Å². The van der Waals surface area contributed by atoms with Gasteiger partial charge in [-0.2, -0.15) is 0 Å². The van der Waals surface area contributed by atoms with Crippen LogP contribution in [0.5, 0.6) is 0 Å². The molecule has 1 aliphatic carbocycles. The van der Waals surface area contributed by atoms with E-state index in [9.17, 15) is 9.18 Å². The van der Waals surface area contributed by atoms with Gasteiger partial charge in [-0.3, -0.25) is 4.90 Å². The van der Waals surface area contributed by atoms with Gasteiger partial charge in [0.1, 0.15) is 16.9 Å². The van der Waals surface area contributed by atoms with Crippen LogP contribution in [0.2, 0.25) is 0 Å². The van der Waals surface area contributed by atoms with E-state index in [0.717, 1.165) is 12.8 Å². The maximum Gasteiger partial charge on any atom is 0.411 e. The number of amides is 1. The molecule has 6 heteroatoms. The van der Waals surface area contributed by atoms with Crippen molar-refractivity contribution in [2.75, 3.05) is 0 Å². The number of benzene rings is 1. The molecule has 5 nitrogen and oxygen atoms in total. The SMILES string of the molecule is C#Cc1cc(F)c2nc(C3CC4CC4N3C(=O)OC(C)(C)C)[nH]c2c1. The fraction of sp³-hybridized carbons (Fsp3) is 0.474. The maximum atomic E-state index is 14.2. The Morgan fingerprint density at radius 1 is 1.44 bits per heavy atom. The Morgan fingerprint density at radius 3 is 2.88 bits per heavy atom. The Balaban J connectivity index is 1.69. The molecule has 3 unspecified atom stereocenters. The molecule has 3 atom stereocenters. The zero-order valence-electron chi connectivity index (χ0n) is 14.5. The molecule has 2 aromatic rings. The summed E-state index contributed by atoms with van der Waals surface area (Å²) in [5, 5.41) is 0. The van der Waals surface area contributed by atoms with E-state index in [0.29, 0.717) is 22.8 Å². The predicted molar refractivity (Wildman–Crippen MR) is 91.3 cm³/mol. The third kappa shape index (κ3) is 2.74. The molecule has 4 rings (SSSR count). The van der Waals surface area contributed by atoms with Crippen LogP contribution in [0.15, 0.2) is 12.1 Å². The predicted octanol–water partition coefficient (Wildman–Crippen LogP) is 3.75. The maximum absolute atomic E-state index is 14.2. The number of halogens is 1. The number of rotatable bonds is 1. The fourth-order valence-corrected chi connectivity index (χ4v) is 3.61. The van der Waals surface area contributed by atoms with Gasteiger partial charge in [-0.15, -0.1) is 6.42 Å². The van der Waals surface area contributed by atoms with Gasteiger partial charge in [0.25, 0.3) is 0 Å². The first kappa shape index (κ1) is 15.9. The van der Waals surface area contributed by atoms with Crippen molar-refractivity contribution >= 4 is 17.1 Å². The highest BCUT2D eigenvalue weighted by molar-refractivity contribution is 5.78. The van der Waals surface area contributed by atoms with E-state index in [1.54, 1.807) is 11.0 Å². The smallest absolute Gasteiger partial charge is 0.411 e. The van der Waals surface area contributed by atoms with Crippen LogP contribution in [0.4, 0.5) is 9.18 Å². The number of carbonyl (C=O) groups is 1. The van der Waals surface area contributed by atoms with E-state index in [4.69, 9.17) is 11.2 Å². The van der Waals surface area contributed by atoms with Crippen molar-refractivity contribution in [1.29, 1.82) is 0 Å². The minimum absolute atomic E-state index is 0.194. The Kier molecular flexibility index (Phi) is 3.33. The number of H-pyrrole nitrogens is 1. The number of carbonyl (C=O) groups excluding carboxylic acids is 1. The van der Waals surface area contributed by atoms with E-state index in [-0.39, 0.29) is 23.7 Å². The summed E-state index contributed by atoms with van der Waals surface area (Å²) in [5.41, 5.74) is 0.695. The first-order valence-corrected chi connectivity index (χ1v) is 8.44. The second-order valence-corrected chi connectivity index (χ2v) is 7.82. The molecule has 1 saturated carbocycles. The van der Waals surface area contributed by atoms with Gasteiger partial charge in [-0.25, -0.2) is 14.2 Å². The van der Waals surface area contributed by atoms with Gasteiger partial charge in [0.2, 0.25) is 0 Å². The molecule has 25 heavy (non-hydrogen) atoms. The van der Waals surface area contributed by atoms with Crippen LogP contribution in [0.3, 0.4) is 0 Å². The number of nitrogens with zero attached hydrogens (tertiary/aromatic N) is 2. The highest BCUT2D eigenvalue weighted by Gasteiger charge is 2.56. The molecule has 130 valence electrons. The van der Waals surface area contributed by atoms with Crippen LogP contribution in [0.25, 0.3) is 11.0 Å². The average molecular weight is 341 g/mol. The number of terminal acetylenes is 1. The minimum Gasteiger partial charge on any atom is -0.444 e. The van der Waals surface area contributed by atoms with Crippen molar-refractivity contribution in [2.24, 2.45) is 5.92 Å². The second kappa shape index (κ2) is 5.22. The highest BCUT2D eigenvalue weighted by atomic mass is 19.1. The Hall–Kier alpha value is -2.55. The van der Waals surface area contributed by atoms with Gasteiger partial charge in [-0.05, 0) is 51.7 Å². The summed E-state index contributed by atoms with van der Waals surface area (Å²) in [5.74, 6) is 3.03. The lowest BCUT2D eigenvalue weighted by Crippen LogP contribution is -2.38. The van der Waals surface area contributed by atoms with Crippen molar-refractivity contribution in [3.8, 4) is 12.3 Å². The summed E-state index contributed by atoms with van der Waals surface area (Å²) in [6.07, 6.45) is 6.83. The number of fused-ring (bicyclic) bond motifs is 2. The number of piperidine rings is 1. The summed E-state index contributed by atoms with van der Waals surface area (Å²) in [4.78, 5) is 21.9. The molecule has 1 saturated heterocycles. The van der Waals surface area contributed by atoms with Crippen molar-refractivity contribution in [1.82, 2.24) is 14.9 Å². The van der Waals surface area contributed by atoms with E-state index in [1.807, 2.05) is 20.8 Å². The van der Waals surface area contributed by atoms with Crippen LogP contribution in [-0.2, 0) is 4.74 Å². The van der Waals surface area contributed by atoms with Crippen LogP contribution in [0, 0.1) is 24.1 Å². The number of hydrogen-bond acceptors (Lipinski definition) is 3. The first-order valence-electron chi connectivity index (χ1n) is 8.44. The lowest BCUT2D eigenvalue weighted by Gasteiger charge is -2.29. The van der Waals surface area contributed by atoms with Gasteiger partial charge >= 0.3 is 6.09 Å². The number of likely N-dealkylation sites (tertiary alicyclic amines) is 1. The lowest BCUT2D eigenvalue weighted by molar-refractivity contribution is 0.0175. The topological polar surface area (TPSA) is 58.2 Å². The van der Waals surface area contributed by atoms with Crippen molar-refractivity contribution in [3.05, 3.63) is 29.3 Å². The molecular weight excluding hydrogens is 321 g/mol. The summed E-state index contributed by atoms with van der Waals surface area (Å²) >= 11 is 0. The number of hydrogen-bond donors (Lipinski definition) is 1. The lowest BCUT2D eigenvalue weighted by atomic mass is 10.1. The summed E-state index contributed by atoms with van der Waals surface area (Å²) in [6, 6.07) is 2.96. The molecule has 0 radical (unpaired) electrons. The Bertz CT molecular complexity index is 906. The largest absolute Gasteiger partial charge is 0.444 e.